The van der Waals surface area contributed by atoms with Crippen molar-refractivity contribution in [3.8, 4) is 0 Å². The fraction of sp³-hybridized carbons (Fsp3) is 0.952. The quantitative estimate of drug-likeness (QED) is 0.0222. The number of aliphatic hydroxyl groups is 1. The molecule has 102 heavy (non-hydrogen) atoms. The van der Waals surface area contributed by atoms with Gasteiger partial charge in [-0.2, -0.15) is 0 Å². The van der Waals surface area contributed by atoms with Crippen molar-refractivity contribution in [1.82, 2.24) is 0 Å². The second kappa shape index (κ2) is 74.5. The number of ether oxygens (including phenoxy) is 4. The molecule has 0 saturated carbocycles. The number of phosphoric ester groups is 2. The van der Waals surface area contributed by atoms with Gasteiger partial charge in [0.25, 0.3) is 0 Å². The predicted molar refractivity (Wildman–Crippen MR) is 418 cm³/mol. The van der Waals surface area contributed by atoms with Crippen LogP contribution in [0.25, 0.3) is 0 Å². The van der Waals surface area contributed by atoms with Crippen molar-refractivity contribution >= 4 is 39.5 Å². The minimum absolute atomic E-state index is 0.104. The second-order valence-corrected chi connectivity index (χ2v) is 33.7. The molecule has 606 valence electrons. The minimum atomic E-state index is -4.96. The highest BCUT2D eigenvalue weighted by Gasteiger charge is 2.30. The van der Waals surface area contributed by atoms with Gasteiger partial charge in [-0.25, -0.2) is 9.13 Å². The number of carbonyl (C=O) groups excluding carboxylic acids is 4. The molecule has 0 aliphatic rings. The van der Waals surface area contributed by atoms with E-state index in [0.717, 1.165) is 102 Å². The summed E-state index contributed by atoms with van der Waals surface area (Å²) in [6, 6.07) is 0. The molecule has 0 aromatic carbocycles. The molecule has 0 aliphatic carbocycles. The lowest BCUT2D eigenvalue weighted by atomic mass is 10.0. The zero-order chi connectivity index (χ0) is 74.9. The minimum Gasteiger partial charge on any atom is -0.462 e. The predicted octanol–water partition coefficient (Wildman–Crippen LogP) is 25.1. The van der Waals surface area contributed by atoms with Crippen molar-refractivity contribution in [1.29, 1.82) is 0 Å². The molecule has 0 fully saturated rings. The molecule has 0 radical (unpaired) electrons. The number of rotatable bonds is 82. The molecule has 19 heteroatoms. The number of esters is 4. The first kappa shape index (κ1) is 100. The van der Waals surface area contributed by atoms with Crippen LogP contribution in [0.4, 0.5) is 0 Å². The summed E-state index contributed by atoms with van der Waals surface area (Å²) in [6.45, 7) is 9.51. The van der Waals surface area contributed by atoms with Crippen LogP contribution < -0.4 is 0 Å². The van der Waals surface area contributed by atoms with Crippen LogP contribution in [0.15, 0.2) is 0 Å². The van der Waals surface area contributed by atoms with Crippen LogP contribution in [0.2, 0.25) is 0 Å². The highest BCUT2D eigenvalue weighted by molar-refractivity contribution is 7.47. The van der Waals surface area contributed by atoms with E-state index in [2.05, 4.69) is 41.5 Å². The van der Waals surface area contributed by atoms with Gasteiger partial charge in [-0.15, -0.1) is 0 Å². The molecule has 5 atom stereocenters. The first-order valence-electron chi connectivity index (χ1n) is 43.0. The third-order valence-electron chi connectivity index (χ3n) is 19.5. The first-order chi connectivity index (χ1) is 49.4. The highest BCUT2D eigenvalue weighted by atomic mass is 31.2. The Balaban J connectivity index is 5.17. The molecule has 0 heterocycles. The summed E-state index contributed by atoms with van der Waals surface area (Å²) in [6.07, 6.45) is 65.8. The summed E-state index contributed by atoms with van der Waals surface area (Å²) >= 11 is 0. The molecule has 0 amide bonds. The Kier molecular flexibility index (Phi) is 73.1. The van der Waals surface area contributed by atoms with Crippen LogP contribution in [0, 0.1) is 11.8 Å². The topological polar surface area (TPSA) is 237 Å². The Morgan fingerprint density at radius 2 is 0.451 bits per heavy atom. The van der Waals surface area contributed by atoms with Crippen LogP contribution in [0.1, 0.15) is 440 Å². The largest absolute Gasteiger partial charge is 0.472 e. The second-order valence-electron chi connectivity index (χ2n) is 30.8. The van der Waals surface area contributed by atoms with Crippen molar-refractivity contribution in [3.05, 3.63) is 0 Å². The van der Waals surface area contributed by atoms with Crippen molar-refractivity contribution < 1.29 is 80.2 Å². The maximum Gasteiger partial charge on any atom is 0.472 e. The van der Waals surface area contributed by atoms with Gasteiger partial charge in [-0.05, 0) is 37.5 Å². The first-order valence-corrected chi connectivity index (χ1v) is 46.0. The fourth-order valence-corrected chi connectivity index (χ4v) is 14.5. The molecule has 0 aromatic rings. The lowest BCUT2D eigenvalue weighted by Gasteiger charge is -2.21. The van der Waals surface area contributed by atoms with Crippen molar-refractivity contribution in [2.75, 3.05) is 39.6 Å². The van der Waals surface area contributed by atoms with Gasteiger partial charge in [0, 0.05) is 25.7 Å². The van der Waals surface area contributed by atoms with Crippen LogP contribution >= 0.6 is 15.6 Å². The average Bonchev–Trinajstić information content (AvgIpc) is 0.935. The normalized spacial score (nSPS) is 13.9. The average molecular weight is 1490 g/mol. The van der Waals surface area contributed by atoms with Gasteiger partial charge < -0.3 is 33.8 Å². The Morgan fingerprint density at radius 3 is 0.667 bits per heavy atom. The van der Waals surface area contributed by atoms with Crippen LogP contribution in [-0.4, -0.2) is 96.7 Å². The molecule has 0 bridgehead atoms. The molecule has 3 N–H and O–H groups in total. The Labute approximate surface area is 626 Å². The van der Waals surface area contributed by atoms with Gasteiger partial charge >= 0.3 is 39.5 Å². The molecule has 0 saturated heterocycles. The number of aliphatic hydroxyl groups excluding tert-OH is 1. The summed E-state index contributed by atoms with van der Waals surface area (Å²) in [5.41, 5.74) is 0. The third-order valence-corrected chi connectivity index (χ3v) is 21.4. The Morgan fingerprint density at radius 1 is 0.265 bits per heavy atom. The summed E-state index contributed by atoms with van der Waals surface area (Å²) < 4.78 is 68.7. The molecular formula is C83H162O17P2. The van der Waals surface area contributed by atoms with E-state index in [-0.39, 0.29) is 25.7 Å². The van der Waals surface area contributed by atoms with E-state index in [1.807, 2.05) is 0 Å². The Bertz CT molecular complexity index is 1960. The fourth-order valence-electron chi connectivity index (χ4n) is 12.9. The van der Waals surface area contributed by atoms with Crippen molar-refractivity contribution in [2.24, 2.45) is 11.8 Å². The summed E-state index contributed by atoms with van der Waals surface area (Å²) in [5, 5.41) is 10.6. The molecule has 2 unspecified atom stereocenters. The number of hydrogen-bond acceptors (Lipinski definition) is 15. The summed E-state index contributed by atoms with van der Waals surface area (Å²) in [4.78, 5) is 73.0. The zero-order valence-electron chi connectivity index (χ0n) is 66.9. The molecule has 0 spiro atoms. The van der Waals surface area contributed by atoms with Gasteiger partial charge in [0.2, 0.25) is 0 Å². The van der Waals surface area contributed by atoms with Gasteiger partial charge in [0.1, 0.15) is 19.3 Å². The van der Waals surface area contributed by atoms with Crippen LogP contribution in [0.5, 0.6) is 0 Å². The number of carbonyl (C=O) groups is 4. The maximum absolute atomic E-state index is 13.1. The number of unbranched alkanes of at least 4 members (excludes halogenated alkanes) is 52. The standard InChI is InChI=1S/C83H162O17P2/c1-7-9-11-13-15-17-19-21-23-25-27-29-31-33-35-37-39-41-46-53-59-65-80(85)93-71-78(99-82(87)67-61-55-47-42-40-38-36-34-32-30-28-26-24-22-20-18-16-14-12-10-8-2)73-97-101(89,90)95-69-77(84)70-96-102(91,92)98-74-79(72-94-81(86)66-60-54-50-49-52-58-64-76(5)6)100-83(88)68-62-56-48-44-43-45-51-57-63-75(3)4/h75-79,84H,7-74H2,1-6H3,(H,89,90)(H,91,92)/t77-,78-,79-/m1/s1. The maximum atomic E-state index is 13.1. The van der Waals surface area contributed by atoms with Gasteiger partial charge in [-0.3, -0.25) is 37.3 Å². The molecule has 0 aliphatic heterocycles. The van der Waals surface area contributed by atoms with E-state index in [0.29, 0.717) is 31.6 Å². The molecule has 0 rings (SSSR count). The van der Waals surface area contributed by atoms with Gasteiger partial charge in [0.15, 0.2) is 12.2 Å². The van der Waals surface area contributed by atoms with E-state index < -0.39 is 97.5 Å². The van der Waals surface area contributed by atoms with Crippen molar-refractivity contribution in [3.63, 3.8) is 0 Å². The number of phosphoric acid groups is 2. The van der Waals surface area contributed by atoms with Gasteiger partial charge in [-0.1, -0.05) is 388 Å². The summed E-state index contributed by atoms with van der Waals surface area (Å²) in [5.74, 6) is -0.716. The van der Waals surface area contributed by atoms with Crippen molar-refractivity contribution in [2.45, 2.75) is 458 Å². The monoisotopic (exact) mass is 1490 g/mol. The van der Waals surface area contributed by atoms with E-state index in [1.165, 1.54) is 250 Å². The zero-order valence-corrected chi connectivity index (χ0v) is 68.7. The summed E-state index contributed by atoms with van der Waals surface area (Å²) in [7, 11) is -9.92. The van der Waals surface area contributed by atoms with E-state index in [1.54, 1.807) is 0 Å². The highest BCUT2D eigenvalue weighted by Crippen LogP contribution is 2.45. The van der Waals surface area contributed by atoms with E-state index >= 15 is 0 Å². The molecular weight excluding hydrogens is 1330 g/mol. The smallest absolute Gasteiger partial charge is 0.462 e. The Hall–Kier alpha value is -1.94. The third kappa shape index (κ3) is 76.3. The SMILES string of the molecule is CCCCCCCCCCCCCCCCCCCCCCCC(=O)OC[C@H](COP(=O)(O)OC[C@@H](O)COP(=O)(O)OC[C@@H](COC(=O)CCCCCCCCC(C)C)OC(=O)CCCCCCCCCCC(C)C)OC(=O)CCCCCCCCCCCCCCCCCCCCCCC. The van der Waals surface area contributed by atoms with Gasteiger partial charge in [0.05, 0.1) is 26.4 Å². The van der Waals surface area contributed by atoms with Crippen LogP contribution in [-0.2, 0) is 65.4 Å². The molecule has 0 aromatic heterocycles. The van der Waals surface area contributed by atoms with E-state index in [9.17, 15) is 43.2 Å². The number of hydrogen-bond donors (Lipinski definition) is 3. The lowest BCUT2D eigenvalue weighted by molar-refractivity contribution is -0.161. The van der Waals surface area contributed by atoms with E-state index in [4.69, 9.17) is 37.0 Å². The lowest BCUT2D eigenvalue weighted by Crippen LogP contribution is -2.30. The molecule has 17 nitrogen and oxygen atoms in total. The van der Waals surface area contributed by atoms with Crippen LogP contribution in [0.3, 0.4) is 0 Å².